The Morgan fingerprint density at radius 3 is 2.43 bits per heavy atom. The number of aromatic nitrogens is 2. The average Bonchev–Trinajstić information content (AvgIpc) is 2.63. The zero-order valence-electron chi connectivity index (χ0n) is 13.1. The van der Waals surface area contributed by atoms with Crippen molar-refractivity contribution in [3.05, 3.63) is 42.7 Å². The first kappa shape index (κ1) is 15.3. The second-order valence-corrected chi connectivity index (χ2v) is 5.53. The highest BCUT2D eigenvalue weighted by molar-refractivity contribution is 5.92. The molecule has 6 nitrogen and oxygen atoms in total. The van der Waals surface area contributed by atoms with E-state index >= 15 is 0 Å². The summed E-state index contributed by atoms with van der Waals surface area (Å²) in [6.07, 6.45) is 5.09. The molecular formula is C17H20N4O2. The molecule has 120 valence electrons. The van der Waals surface area contributed by atoms with Crippen LogP contribution in [-0.2, 0) is 4.79 Å². The van der Waals surface area contributed by atoms with Gasteiger partial charge in [0.05, 0.1) is 7.11 Å². The van der Waals surface area contributed by atoms with Gasteiger partial charge in [0.1, 0.15) is 5.75 Å². The summed E-state index contributed by atoms with van der Waals surface area (Å²) >= 11 is 0. The van der Waals surface area contributed by atoms with Gasteiger partial charge in [-0.15, -0.1) is 0 Å². The number of methoxy groups -OCH3 is 1. The van der Waals surface area contributed by atoms with Gasteiger partial charge < -0.3 is 15.0 Å². The van der Waals surface area contributed by atoms with Crippen LogP contribution in [0.3, 0.4) is 0 Å². The number of carbonyl (C=O) groups is 1. The molecule has 1 aliphatic heterocycles. The van der Waals surface area contributed by atoms with Gasteiger partial charge in [-0.3, -0.25) is 4.79 Å². The van der Waals surface area contributed by atoms with E-state index in [2.05, 4.69) is 20.2 Å². The Bertz CT molecular complexity index is 637. The Labute approximate surface area is 135 Å². The first-order chi connectivity index (χ1) is 11.3. The number of ether oxygens (including phenoxy) is 1. The summed E-state index contributed by atoms with van der Waals surface area (Å²) < 4.78 is 5.11. The van der Waals surface area contributed by atoms with Crippen molar-refractivity contribution in [3.8, 4) is 5.75 Å². The van der Waals surface area contributed by atoms with E-state index in [0.717, 1.165) is 43.3 Å². The Balaban J connectivity index is 1.53. The summed E-state index contributed by atoms with van der Waals surface area (Å²) in [7, 11) is 1.62. The maximum absolute atomic E-state index is 12.4. The van der Waals surface area contributed by atoms with Gasteiger partial charge in [0.2, 0.25) is 11.9 Å². The molecule has 1 N–H and O–H groups in total. The zero-order chi connectivity index (χ0) is 16.1. The van der Waals surface area contributed by atoms with Crippen LogP contribution in [-0.4, -0.2) is 36.1 Å². The molecule has 0 aliphatic carbocycles. The summed E-state index contributed by atoms with van der Waals surface area (Å²) in [5, 5.41) is 2.97. The number of nitrogens with zero attached hydrogens (tertiary/aromatic N) is 3. The maximum Gasteiger partial charge on any atom is 0.227 e. The number of hydrogen-bond donors (Lipinski definition) is 1. The normalized spacial score (nSPS) is 15.3. The predicted octanol–water partition coefficient (Wildman–Crippen LogP) is 2.34. The van der Waals surface area contributed by atoms with Crippen molar-refractivity contribution in [3.63, 3.8) is 0 Å². The van der Waals surface area contributed by atoms with E-state index in [1.807, 2.05) is 24.3 Å². The second kappa shape index (κ2) is 7.09. The van der Waals surface area contributed by atoms with E-state index in [1.165, 1.54) is 0 Å². The van der Waals surface area contributed by atoms with Crippen molar-refractivity contribution in [1.29, 1.82) is 0 Å². The van der Waals surface area contributed by atoms with Crippen molar-refractivity contribution in [1.82, 2.24) is 9.97 Å². The van der Waals surface area contributed by atoms with Crippen molar-refractivity contribution in [2.45, 2.75) is 12.8 Å². The third kappa shape index (κ3) is 3.77. The Kier molecular flexibility index (Phi) is 4.71. The van der Waals surface area contributed by atoms with Gasteiger partial charge in [0, 0.05) is 37.1 Å². The molecule has 1 saturated heterocycles. The fourth-order valence-corrected chi connectivity index (χ4v) is 2.71. The molecule has 1 aliphatic rings. The number of piperidine rings is 1. The van der Waals surface area contributed by atoms with Crippen LogP contribution in [0, 0.1) is 5.92 Å². The molecule has 23 heavy (non-hydrogen) atoms. The molecule has 1 amide bonds. The molecule has 0 unspecified atom stereocenters. The molecular weight excluding hydrogens is 292 g/mol. The van der Waals surface area contributed by atoms with Crippen LogP contribution >= 0.6 is 0 Å². The van der Waals surface area contributed by atoms with Crippen LogP contribution in [0.4, 0.5) is 11.6 Å². The lowest BCUT2D eigenvalue weighted by molar-refractivity contribution is -0.120. The summed E-state index contributed by atoms with van der Waals surface area (Å²) in [6, 6.07) is 9.18. The largest absolute Gasteiger partial charge is 0.497 e. The van der Waals surface area contributed by atoms with Crippen LogP contribution in [0.25, 0.3) is 0 Å². The van der Waals surface area contributed by atoms with Crippen molar-refractivity contribution in [2.24, 2.45) is 5.92 Å². The average molecular weight is 312 g/mol. The Morgan fingerprint density at radius 1 is 1.17 bits per heavy atom. The minimum absolute atomic E-state index is 0.0251. The third-order valence-electron chi connectivity index (χ3n) is 4.06. The first-order valence-corrected chi connectivity index (χ1v) is 7.73. The standard InChI is InChI=1S/C17H20N4O2/c1-23-15-5-3-14(4-6-15)20-16(22)13-7-11-21(12-8-13)17-18-9-2-10-19-17/h2-6,9-10,13H,7-8,11-12H2,1H3,(H,20,22). The zero-order valence-corrected chi connectivity index (χ0v) is 13.1. The lowest BCUT2D eigenvalue weighted by atomic mass is 9.96. The molecule has 0 bridgehead atoms. The SMILES string of the molecule is COc1ccc(NC(=O)C2CCN(c3ncccn3)CC2)cc1. The number of anilines is 2. The van der Waals surface area contributed by atoms with Gasteiger partial charge in [0.15, 0.2) is 0 Å². The van der Waals surface area contributed by atoms with Gasteiger partial charge in [-0.25, -0.2) is 9.97 Å². The summed E-state index contributed by atoms with van der Waals surface area (Å²) in [4.78, 5) is 23.0. The summed E-state index contributed by atoms with van der Waals surface area (Å²) in [5.41, 5.74) is 0.796. The van der Waals surface area contributed by atoms with Gasteiger partial charge in [-0.2, -0.15) is 0 Å². The molecule has 2 heterocycles. The minimum atomic E-state index is 0.0251. The second-order valence-electron chi connectivity index (χ2n) is 5.53. The summed E-state index contributed by atoms with van der Waals surface area (Å²) in [6.45, 7) is 1.59. The van der Waals surface area contributed by atoms with E-state index in [4.69, 9.17) is 4.74 Å². The van der Waals surface area contributed by atoms with E-state index in [-0.39, 0.29) is 11.8 Å². The van der Waals surface area contributed by atoms with E-state index < -0.39 is 0 Å². The molecule has 0 radical (unpaired) electrons. The fourth-order valence-electron chi connectivity index (χ4n) is 2.71. The molecule has 6 heteroatoms. The molecule has 1 aromatic heterocycles. The van der Waals surface area contributed by atoms with Crippen LogP contribution in [0.5, 0.6) is 5.75 Å². The van der Waals surface area contributed by atoms with E-state index in [9.17, 15) is 4.79 Å². The topological polar surface area (TPSA) is 67.3 Å². The fraction of sp³-hybridized carbons (Fsp3) is 0.353. The van der Waals surface area contributed by atoms with Gasteiger partial charge in [-0.05, 0) is 43.2 Å². The molecule has 3 rings (SSSR count). The first-order valence-electron chi connectivity index (χ1n) is 7.73. The molecule has 0 atom stereocenters. The van der Waals surface area contributed by atoms with Crippen molar-refractivity contribution in [2.75, 3.05) is 30.4 Å². The molecule has 0 saturated carbocycles. The van der Waals surface area contributed by atoms with Crippen LogP contribution in [0.15, 0.2) is 42.7 Å². The smallest absolute Gasteiger partial charge is 0.227 e. The Morgan fingerprint density at radius 2 is 1.83 bits per heavy atom. The lowest BCUT2D eigenvalue weighted by Gasteiger charge is -2.31. The summed E-state index contributed by atoms with van der Waals surface area (Å²) in [5.74, 6) is 1.61. The van der Waals surface area contributed by atoms with Gasteiger partial charge in [-0.1, -0.05) is 0 Å². The van der Waals surface area contributed by atoms with Gasteiger partial charge in [0.25, 0.3) is 0 Å². The van der Waals surface area contributed by atoms with E-state index in [1.54, 1.807) is 25.6 Å². The predicted molar refractivity (Wildman–Crippen MR) is 88.6 cm³/mol. The molecule has 1 fully saturated rings. The number of benzene rings is 1. The number of carbonyl (C=O) groups excluding carboxylic acids is 1. The maximum atomic E-state index is 12.4. The van der Waals surface area contributed by atoms with E-state index in [0.29, 0.717) is 0 Å². The molecule has 1 aromatic carbocycles. The van der Waals surface area contributed by atoms with Crippen LogP contribution < -0.4 is 15.0 Å². The minimum Gasteiger partial charge on any atom is -0.497 e. The molecule has 2 aromatic rings. The Hall–Kier alpha value is -2.63. The quantitative estimate of drug-likeness (QED) is 0.938. The lowest BCUT2D eigenvalue weighted by Crippen LogP contribution is -2.38. The van der Waals surface area contributed by atoms with Crippen molar-refractivity contribution >= 4 is 17.5 Å². The van der Waals surface area contributed by atoms with Gasteiger partial charge >= 0.3 is 0 Å². The number of nitrogens with one attached hydrogen (secondary N) is 1. The highest BCUT2D eigenvalue weighted by Gasteiger charge is 2.26. The van der Waals surface area contributed by atoms with Crippen molar-refractivity contribution < 1.29 is 9.53 Å². The number of hydrogen-bond acceptors (Lipinski definition) is 5. The highest BCUT2D eigenvalue weighted by Crippen LogP contribution is 2.22. The number of amides is 1. The van der Waals surface area contributed by atoms with Crippen LogP contribution in [0.2, 0.25) is 0 Å². The monoisotopic (exact) mass is 312 g/mol. The molecule has 0 spiro atoms. The van der Waals surface area contributed by atoms with Crippen LogP contribution in [0.1, 0.15) is 12.8 Å². The number of rotatable bonds is 4. The highest BCUT2D eigenvalue weighted by atomic mass is 16.5. The third-order valence-corrected chi connectivity index (χ3v) is 4.06.